The van der Waals surface area contributed by atoms with Crippen LogP contribution in [-0.2, 0) is 0 Å². The molecule has 1 heterocycles. The maximum Gasteiger partial charge on any atom is 0.160 e. The second kappa shape index (κ2) is 5.15. The van der Waals surface area contributed by atoms with E-state index in [1.165, 1.54) is 6.07 Å². The van der Waals surface area contributed by atoms with Crippen LogP contribution in [0, 0.1) is 25.5 Å². The van der Waals surface area contributed by atoms with Gasteiger partial charge in [-0.2, -0.15) is 0 Å². The molecule has 0 unspecified atom stereocenters. The molecule has 5 nitrogen and oxygen atoms in total. The summed E-state index contributed by atoms with van der Waals surface area (Å²) in [6, 6.07) is 3.52. The smallest absolute Gasteiger partial charge is 0.160 e. The number of nitrogens with zero attached hydrogens (tertiary/aromatic N) is 2. The summed E-state index contributed by atoms with van der Waals surface area (Å²) in [5.41, 5.74) is 3.53. The Kier molecular flexibility index (Phi) is 3.57. The van der Waals surface area contributed by atoms with E-state index in [1.54, 1.807) is 13.8 Å². The number of aromatic nitrogens is 2. The molecule has 0 radical (unpaired) electrons. The van der Waals surface area contributed by atoms with Gasteiger partial charge in [-0.15, -0.1) is 0 Å². The molecule has 0 amide bonds. The van der Waals surface area contributed by atoms with Crippen molar-refractivity contribution < 1.29 is 8.78 Å². The van der Waals surface area contributed by atoms with E-state index >= 15 is 0 Å². The van der Waals surface area contributed by atoms with Crippen molar-refractivity contribution in [2.24, 2.45) is 5.84 Å². The highest BCUT2D eigenvalue weighted by atomic mass is 19.2. The zero-order valence-corrected chi connectivity index (χ0v) is 10.5. The zero-order chi connectivity index (χ0) is 14.0. The van der Waals surface area contributed by atoms with E-state index in [0.29, 0.717) is 28.7 Å². The molecule has 7 heteroatoms. The Hall–Kier alpha value is -2.28. The van der Waals surface area contributed by atoms with Gasteiger partial charge in [0, 0.05) is 17.3 Å². The summed E-state index contributed by atoms with van der Waals surface area (Å²) in [6.45, 7) is 3.47. The number of hydrogen-bond acceptors (Lipinski definition) is 5. The van der Waals surface area contributed by atoms with Gasteiger partial charge in [0.15, 0.2) is 11.6 Å². The van der Waals surface area contributed by atoms with Gasteiger partial charge in [-0.25, -0.2) is 24.6 Å². The number of halogens is 2. The van der Waals surface area contributed by atoms with Gasteiger partial charge in [0.1, 0.15) is 17.5 Å². The Morgan fingerprint density at radius 3 is 2.37 bits per heavy atom. The number of hydrogen-bond donors (Lipinski definition) is 3. The molecule has 0 fully saturated rings. The molecule has 0 aliphatic heterocycles. The minimum atomic E-state index is -0.925. The summed E-state index contributed by atoms with van der Waals surface area (Å²) in [5, 5.41) is 2.90. The molecule has 1 aromatic carbocycles. The number of nitrogens with two attached hydrogens (primary N) is 1. The van der Waals surface area contributed by atoms with Crippen LogP contribution >= 0.6 is 0 Å². The molecule has 0 aliphatic carbocycles. The van der Waals surface area contributed by atoms with Gasteiger partial charge in [-0.05, 0) is 26.0 Å². The predicted molar refractivity (Wildman–Crippen MR) is 69.0 cm³/mol. The molecule has 1 aromatic heterocycles. The highest BCUT2D eigenvalue weighted by molar-refractivity contribution is 5.64. The van der Waals surface area contributed by atoms with E-state index in [4.69, 9.17) is 5.84 Å². The first-order valence-electron chi connectivity index (χ1n) is 5.55. The Labute approximate surface area is 108 Å². The minimum Gasteiger partial charge on any atom is -0.340 e. The van der Waals surface area contributed by atoms with E-state index in [1.807, 2.05) is 0 Å². The van der Waals surface area contributed by atoms with Crippen molar-refractivity contribution in [3.63, 3.8) is 0 Å². The van der Waals surface area contributed by atoms with Crippen molar-refractivity contribution in [2.45, 2.75) is 13.8 Å². The molecule has 0 saturated heterocycles. The van der Waals surface area contributed by atoms with Crippen LogP contribution in [0.4, 0.5) is 26.1 Å². The molecule has 0 saturated carbocycles. The molecule has 0 aliphatic rings. The largest absolute Gasteiger partial charge is 0.340 e. The highest BCUT2D eigenvalue weighted by Crippen LogP contribution is 2.23. The van der Waals surface area contributed by atoms with Crippen LogP contribution in [0.3, 0.4) is 0 Å². The standard InChI is InChI=1S/C12H13F2N5/c1-6-11(16-7(2)17-12(6)19-15)18-8-3-4-9(13)10(14)5-8/h3-5H,15H2,1-2H3,(H2,16,17,18,19). The maximum atomic E-state index is 13.1. The third kappa shape index (κ3) is 2.76. The monoisotopic (exact) mass is 265 g/mol. The van der Waals surface area contributed by atoms with Crippen LogP contribution in [0.5, 0.6) is 0 Å². The van der Waals surface area contributed by atoms with Crippen LogP contribution in [0.15, 0.2) is 18.2 Å². The summed E-state index contributed by atoms with van der Waals surface area (Å²) in [6.07, 6.45) is 0. The number of nitrogens with one attached hydrogen (secondary N) is 2. The first kappa shape index (κ1) is 13.2. The average Bonchev–Trinajstić information content (AvgIpc) is 2.37. The van der Waals surface area contributed by atoms with Crippen LogP contribution in [0.1, 0.15) is 11.4 Å². The van der Waals surface area contributed by atoms with Crippen LogP contribution in [0.2, 0.25) is 0 Å². The lowest BCUT2D eigenvalue weighted by Gasteiger charge is -2.12. The third-order valence-corrected chi connectivity index (χ3v) is 2.58. The fourth-order valence-electron chi connectivity index (χ4n) is 1.60. The Bertz CT molecular complexity index is 615. The zero-order valence-electron chi connectivity index (χ0n) is 10.5. The Morgan fingerprint density at radius 2 is 1.74 bits per heavy atom. The lowest BCUT2D eigenvalue weighted by atomic mass is 10.2. The van der Waals surface area contributed by atoms with Gasteiger partial charge in [0.05, 0.1) is 0 Å². The lowest BCUT2D eigenvalue weighted by Crippen LogP contribution is -2.13. The van der Waals surface area contributed by atoms with Crippen LogP contribution in [-0.4, -0.2) is 9.97 Å². The second-order valence-corrected chi connectivity index (χ2v) is 3.99. The van der Waals surface area contributed by atoms with Crippen molar-refractivity contribution in [1.82, 2.24) is 9.97 Å². The van der Waals surface area contributed by atoms with E-state index in [9.17, 15) is 8.78 Å². The molecular weight excluding hydrogens is 252 g/mol. The normalized spacial score (nSPS) is 10.4. The number of aryl methyl sites for hydroxylation is 1. The second-order valence-electron chi connectivity index (χ2n) is 3.99. The molecule has 100 valence electrons. The van der Waals surface area contributed by atoms with Gasteiger partial charge in [-0.1, -0.05) is 0 Å². The fraction of sp³-hybridized carbons (Fsp3) is 0.167. The summed E-state index contributed by atoms with van der Waals surface area (Å²) in [4.78, 5) is 8.30. The predicted octanol–water partition coefficient (Wildman–Crippen LogP) is 2.40. The van der Waals surface area contributed by atoms with Crippen molar-refractivity contribution >= 4 is 17.3 Å². The van der Waals surface area contributed by atoms with E-state index < -0.39 is 11.6 Å². The fourth-order valence-corrected chi connectivity index (χ4v) is 1.60. The lowest BCUT2D eigenvalue weighted by molar-refractivity contribution is 0.509. The van der Waals surface area contributed by atoms with Gasteiger partial charge in [-0.3, -0.25) is 0 Å². The molecule has 0 spiro atoms. The van der Waals surface area contributed by atoms with Crippen LogP contribution in [0.25, 0.3) is 0 Å². The van der Waals surface area contributed by atoms with E-state index in [-0.39, 0.29) is 0 Å². The van der Waals surface area contributed by atoms with Crippen molar-refractivity contribution in [2.75, 3.05) is 10.7 Å². The van der Waals surface area contributed by atoms with Crippen LogP contribution < -0.4 is 16.6 Å². The number of nitrogen functional groups attached to an aromatic ring is 1. The van der Waals surface area contributed by atoms with Crippen molar-refractivity contribution in [1.29, 1.82) is 0 Å². The topological polar surface area (TPSA) is 75.9 Å². The summed E-state index contributed by atoms with van der Waals surface area (Å²) in [5.74, 6) is 4.98. The number of rotatable bonds is 3. The molecule has 2 aromatic rings. The first-order chi connectivity index (χ1) is 9.01. The third-order valence-electron chi connectivity index (χ3n) is 2.58. The molecule has 2 rings (SSSR count). The highest BCUT2D eigenvalue weighted by Gasteiger charge is 2.09. The summed E-state index contributed by atoms with van der Waals surface area (Å²) < 4.78 is 26.0. The molecular formula is C12H13F2N5. The maximum absolute atomic E-state index is 13.1. The van der Waals surface area contributed by atoms with Crippen molar-refractivity contribution in [3.05, 3.63) is 41.2 Å². The number of benzene rings is 1. The number of anilines is 3. The van der Waals surface area contributed by atoms with Gasteiger partial charge in [0.25, 0.3) is 0 Å². The Balaban J connectivity index is 2.37. The van der Waals surface area contributed by atoms with Gasteiger partial charge in [0.2, 0.25) is 0 Å². The summed E-state index contributed by atoms with van der Waals surface area (Å²) in [7, 11) is 0. The quantitative estimate of drug-likeness (QED) is 0.587. The van der Waals surface area contributed by atoms with E-state index in [2.05, 4.69) is 20.7 Å². The minimum absolute atomic E-state index is 0.392. The van der Waals surface area contributed by atoms with Crippen molar-refractivity contribution in [3.8, 4) is 0 Å². The molecule has 4 N–H and O–H groups in total. The van der Waals surface area contributed by atoms with Gasteiger partial charge >= 0.3 is 0 Å². The van der Waals surface area contributed by atoms with Gasteiger partial charge < -0.3 is 10.7 Å². The Morgan fingerprint density at radius 1 is 1.05 bits per heavy atom. The number of hydrazine groups is 1. The van der Waals surface area contributed by atoms with E-state index in [0.717, 1.165) is 12.1 Å². The summed E-state index contributed by atoms with van der Waals surface area (Å²) >= 11 is 0. The SMILES string of the molecule is Cc1nc(NN)c(C)c(Nc2ccc(F)c(F)c2)n1. The molecule has 0 bridgehead atoms. The molecule has 19 heavy (non-hydrogen) atoms. The molecule has 0 atom stereocenters. The average molecular weight is 265 g/mol. The first-order valence-corrected chi connectivity index (χ1v) is 5.55.